The van der Waals surface area contributed by atoms with Gasteiger partial charge in [0.1, 0.15) is 10.9 Å². The number of ether oxygens (including phenoxy) is 1. The Balaban J connectivity index is 1.56. The number of aromatic nitrogens is 2. The van der Waals surface area contributed by atoms with Crippen molar-refractivity contribution in [3.8, 4) is 0 Å². The Kier molecular flexibility index (Phi) is 4.74. The third kappa shape index (κ3) is 3.47. The molecule has 2 amide bonds. The maximum atomic E-state index is 12.0. The molecule has 2 aliphatic heterocycles. The van der Waals surface area contributed by atoms with Crippen LogP contribution in [0, 0.1) is 0 Å². The van der Waals surface area contributed by atoms with E-state index in [9.17, 15) is 9.59 Å². The van der Waals surface area contributed by atoms with Crippen molar-refractivity contribution in [3.63, 3.8) is 0 Å². The Bertz CT molecular complexity index is 582. The highest BCUT2D eigenvalue weighted by atomic mass is 32.2. The molecule has 0 atom stereocenters. The second-order valence-corrected chi connectivity index (χ2v) is 6.74. The molecule has 0 bridgehead atoms. The monoisotopic (exact) mass is 340 g/mol. The summed E-state index contributed by atoms with van der Waals surface area (Å²) >= 11 is 6.33. The molecule has 1 aromatic heterocycles. The molecular formula is C13H16N4O3S2. The van der Waals surface area contributed by atoms with Crippen LogP contribution >= 0.6 is 24.0 Å². The molecular weight excluding hydrogens is 324 g/mol. The molecule has 0 aliphatic carbocycles. The topological polar surface area (TPSA) is 76.5 Å². The summed E-state index contributed by atoms with van der Waals surface area (Å²) in [5.41, 5.74) is 0.627. The minimum atomic E-state index is -0.273. The summed E-state index contributed by atoms with van der Waals surface area (Å²) in [6, 6.07) is 0.309. The molecule has 3 heterocycles. The molecule has 7 nitrogen and oxygen atoms in total. The average molecular weight is 340 g/mol. The fraction of sp³-hybridized carbons (Fsp3) is 0.538. The van der Waals surface area contributed by atoms with Crippen LogP contribution in [-0.2, 0) is 14.3 Å². The Morgan fingerprint density at radius 1 is 1.50 bits per heavy atom. The SMILES string of the molecule is O=C(CN1C(=O)CSC1=S)Nc1cnn(C2CCOCC2)c1. The molecule has 1 aromatic rings. The van der Waals surface area contributed by atoms with Gasteiger partial charge in [-0.15, -0.1) is 0 Å². The van der Waals surface area contributed by atoms with E-state index in [2.05, 4.69) is 10.4 Å². The normalized spacial score (nSPS) is 19.7. The van der Waals surface area contributed by atoms with Crippen molar-refractivity contribution in [1.29, 1.82) is 0 Å². The van der Waals surface area contributed by atoms with E-state index in [1.807, 2.05) is 10.9 Å². The molecule has 0 unspecified atom stereocenters. The van der Waals surface area contributed by atoms with E-state index >= 15 is 0 Å². The number of hydrogen-bond donors (Lipinski definition) is 1. The summed E-state index contributed by atoms with van der Waals surface area (Å²) in [4.78, 5) is 24.9. The fourth-order valence-electron chi connectivity index (χ4n) is 2.43. The van der Waals surface area contributed by atoms with Gasteiger partial charge in [-0.3, -0.25) is 19.2 Å². The van der Waals surface area contributed by atoms with Crippen LogP contribution in [0.2, 0.25) is 0 Å². The predicted octanol–water partition coefficient (Wildman–Crippen LogP) is 1.03. The van der Waals surface area contributed by atoms with Crippen LogP contribution in [0.4, 0.5) is 5.69 Å². The quantitative estimate of drug-likeness (QED) is 0.825. The van der Waals surface area contributed by atoms with E-state index in [4.69, 9.17) is 17.0 Å². The van der Waals surface area contributed by atoms with E-state index in [-0.39, 0.29) is 18.4 Å². The first-order valence-corrected chi connectivity index (χ1v) is 8.42. The van der Waals surface area contributed by atoms with Crippen LogP contribution in [0.15, 0.2) is 12.4 Å². The van der Waals surface area contributed by atoms with Crippen molar-refractivity contribution >= 4 is 45.8 Å². The van der Waals surface area contributed by atoms with Crippen LogP contribution in [0.25, 0.3) is 0 Å². The predicted molar refractivity (Wildman–Crippen MR) is 86.7 cm³/mol. The highest BCUT2D eigenvalue weighted by Crippen LogP contribution is 2.22. The number of thioether (sulfide) groups is 1. The summed E-state index contributed by atoms with van der Waals surface area (Å²) < 4.78 is 7.64. The molecule has 0 radical (unpaired) electrons. The maximum absolute atomic E-state index is 12.0. The van der Waals surface area contributed by atoms with Gasteiger partial charge in [-0.25, -0.2) is 0 Å². The van der Waals surface area contributed by atoms with E-state index in [0.717, 1.165) is 26.1 Å². The van der Waals surface area contributed by atoms with E-state index < -0.39 is 0 Å². The third-order valence-corrected chi connectivity index (χ3v) is 5.03. The summed E-state index contributed by atoms with van der Waals surface area (Å²) in [6.07, 6.45) is 5.27. The molecule has 2 saturated heterocycles. The van der Waals surface area contributed by atoms with Crippen molar-refractivity contribution < 1.29 is 14.3 Å². The molecule has 0 spiro atoms. The van der Waals surface area contributed by atoms with Gasteiger partial charge in [-0.1, -0.05) is 24.0 Å². The zero-order valence-corrected chi connectivity index (χ0v) is 13.5. The highest BCUT2D eigenvalue weighted by Gasteiger charge is 2.28. The first kappa shape index (κ1) is 15.4. The minimum absolute atomic E-state index is 0.0485. The summed E-state index contributed by atoms with van der Waals surface area (Å²) in [7, 11) is 0. The first-order valence-electron chi connectivity index (χ1n) is 7.02. The van der Waals surface area contributed by atoms with Crippen LogP contribution in [-0.4, -0.2) is 56.3 Å². The zero-order chi connectivity index (χ0) is 15.5. The zero-order valence-electron chi connectivity index (χ0n) is 11.9. The lowest BCUT2D eigenvalue weighted by molar-refractivity contribution is -0.127. The van der Waals surface area contributed by atoms with Crippen LogP contribution in [0.5, 0.6) is 0 Å². The fourth-order valence-corrected chi connectivity index (χ4v) is 3.50. The lowest BCUT2D eigenvalue weighted by Gasteiger charge is -2.22. The molecule has 2 aliphatic rings. The average Bonchev–Trinajstić information content (AvgIpc) is 3.10. The summed E-state index contributed by atoms with van der Waals surface area (Å²) in [5, 5.41) is 7.04. The van der Waals surface area contributed by atoms with Crippen LogP contribution in [0.1, 0.15) is 18.9 Å². The number of thiocarbonyl (C=S) groups is 1. The Labute approximate surface area is 137 Å². The summed E-state index contributed by atoms with van der Waals surface area (Å²) in [5.74, 6) is -0.0823. The molecule has 0 aromatic carbocycles. The van der Waals surface area contributed by atoms with E-state index in [0.29, 0.717) is 21.8 Å². The van der Waals surface area contributed by atoms with Gasteiger partial charge >= 0.3 is 0 Å². The number of amides is 2. The van der Waals surface area contributed by atoms with Crippen LogP contribution in [0.3, 0.4) is 0 Å². The number of anilines is 1. The van der Waals surface area contributed by atoms with Gasteiger partial charge in [-0.05, 0) is 12.8 Å². The molecule has 0 saturated carbocycles. The van der Waals surface area contributed by atoms with Gasteiger partial charge in [0.15, 0.2) is 0 Å². The lowest BCUT2D eigenvalue weighted by atomic mass is 10.1. The Morgan fingerprint density at radius 2 is 2.27 bits per heavy atom. The van der Waals surface area contributed by atoms with Crippen LogP contribution < -0.4 is 5.32 Å². The number of rotatable bonds is 4. The van der Waals surface area contributed by atoms with Crippen molar-refractivity contribution in [2.75, 3.05) is 30.8 Å². The molecule has 1 N–H and O–H groups in total. The maximum Gasteiger partial charge on any atom is 0.244 e. The highest BCUT2D eigenvalue weighted by molar-refractivity contribution is 8.23. The molecule has 118 valence electrons. The Morgan fingerprint density at radius 3 is 2.95 bits per heavy atom. The molecule has 2 fully saturated rings. The minimum Gasteiger partial charge on any atom is -0.381 e. The molecule has 3 rings (SSSR count). The number of nitrogens with one attached hydrogen (secondary N) is 1. The smallest absolute Gasteiger partial charge is 0.244 e. The standard InChI is InChI=1S/C13H16N4O3S2/c18-11(7-16-12(19)8-22-13(16)21)15-9-5-14-17(6-9)10-1-3-20-4-2-10/h5-6,10H,1-4,7-8H2,(H,15,18). The van der Waals surface area contributed by atoms with Gasteiger partial charge in [0, 0.05) is 19.4 Å². The second-order valence-electron chi connectivity index (χ2n) is 5.14. The van der Waals surface area contributed by atoms with Gasteiger partial charge in [0.25, 0.3) is 0 Å². The number of carbonyl (C=O) groups excluding carboxylic acids is 2. The number of hydrogen-bond acceptors (Lipinski definition) is 6. The van der Waals surface area contributed by atoms with Crippen molar-refractivity contribution in [1.82, 2.24) is 14.7 Å². The largest absolute Gasteiger partial charge is 0.381 e. The van der Waals surface area contributed by atoms with Gasteiger partial charge < -0.3 is 10.1 Å². The van der Waals surface area contributed by atoms with Crippen molar-refractivity contribution in [2.24, 2.45) is 0 Å². The molecule has 9 heteroatoms. The first-order chi connectivity index (χ1) is 10.6. The molecule has 22 heavy (non-hydrogen) atoms. The van der Waals surface area contributed by atoms with Gasteiger partial charge in [0.2, 0.25) is 11.8 Å². The Hall–Kier alpha value is -1.45. The second kappa shape index (κ2) is 6.76. The van der Waals surface area contributed by atoms with E-state index in [1.54, 1.807) is 6.20 Å². The number of nitrogens with zero attached hydrogens (tertiary/aromatic N) is 3. The van der Waals surface area contributed by atoms with E-state index in [1.165, 1.54) is 16.7 Å². The number of carbonyl (C=O) groups is 2. The lowest BCUT2D eigenvalue weighted by Crippen LogP contribution is -2.36. The van der Waals surface area contributed by atoms with Gasteiger partial charge in [-0.2, -0.15) is 5.10 Å². The van der Waals surface area contributed by atoms with Crippen molar-refractivity contribution in [2.45, 2.75) is 18.9 Å². The summed E-state index contributed by atoms with van der Waals surface area (Å²) in [6.45, 7) is 1.42. The third-order valence-electron chi connectivity index (χ3n) is 3.59. The van der Waals surface area contributed by atoms with Crippen molar-refractivity contribution in [3.05, 3.63) is 12.4 Å². The van der Waals surface area contributed by atoms with Gasteiger partial charge in [0.05, 0.1) is 23.7 Å².